The van der Waals surface area contributed by atoms with Crippen LogP contribution in [0.25, 0.3) is 0 Å². The summed E-state index contributed by atoms with van der Waals surface area (Å²) in [5.41, 5.74) is 1.16. The van der Waals surface area contributed by atoms with Gasteiger partial charge in [0.05, 0.1) is 0 Å². The zero-order valence-corrected chi connectivity index (χ0v) is 11.4. The van der Waals surface area contributed by atoms with Crippen LogP contribution in [0.2, 0.25) is 0 Å². The highest BCUT2D eigenvalue weighted by Crippen LogP contribution is 2.36. The predicted molar refractivity (Wildman–Crippen MR) is 71.8 cm³/mol. The SMILES string of the molecule is CCC1CCCCC1C(=O)C1=CCC(C)CC1. The van der Waals surface area contributed by atoms with Gasteiger partial charge in [0.15, 0.2) is 5.78 Å². The zero-order valence-electron chi connectivity index (χ0n) is 11.4. The van der Waals surface area contributed by atoms with E-state index in [-0.39, 0.29) is 0 Å². The molecular weight excluding hydrogens is 208 g/mol. The second kappa shape index (κ2) is 5.84. The summed E-state index contributed by atoms with van der Waals surface area (Å²) in [5, 5.41) is 0. The van der Waals surface area contributed by atoms with Gasteiger partial charge in [-0.1, -0.05) is 39.2 Å². The van der Waals surface area contributed by atoms with Crippen LogP contribution < -0.4 is 0 Å². The summed E-state index contributed by atoms with van der Waals surface area (Å²) >= 11 is 0. The number of hydrogen-bond acceptors (Lipinski definition) is 1. The molecule has 2 aliphatic carbocycles. The first kappa shape index (κ1) is 12.9. The molecule has 0 aromatic carbocycles. The lowest BCUT2D eigenvalue weighted by Crippen LogP contribution is -2.28. The minimum atomic E-state index is 0.355. The van der Waals surface area contributed by atoms with Crippen LogP contribution in [0.15, 0.2) is 11.6 Å². The van der Waals surface area contributed by atoms with E-state index in [1.54, 1.807) is 0 Å². The minimum Gasteiger partial charge on any atom is -0.294 e. The summed E-state index contributed by atoms with van der Waals surface area (Å²) in [6.45, 7) is 4.53. The molecule has 1 fully saturated rings. The van der Waals surface area contributed by atoms with Gasteiger partial charge in [0.2, 0.25) is 0 Å². The summed E-state index contributed by atoms with van der Waals surface area (Å²) in [7, 11) is 0. The minimum absolute atomic E-state index is 0.355. The van der Waals surface area contributed by atoms with Gasteiger partial charge >= 0.3 is 0 Å². The molecule has 17 heavy (non-hydrogen) atoms. The average molecular weight is 234 g/mol. The predicted octanol–water partition coefficient (Wildman–Crippen LogP) is 4.52. The van der Waals surface area contributed by atoms with E-state index in [4.69, 9.17) is 0 Å². The highest BCUT2D eigenvalue weighted by atomic mass is 16.1. The molecule has 0 saturated heterocycles. The maximum Gasteiger partial charge on any atom is 0.161 e. The van der Waals surface area contributed by atoms with Gasteiger partial charge in [-0.05, 0) is 49.5 Å². The van der Waals surface area contributed by atoms with Crippen LogP contribution in [-0.2, 0) is 4.79 Å². The fourth-order valence-corrected chi connectivity index (χ4v) is 3.47. The Bertz CT molecular complexity index is 303. The summed E-state index contributed by atoms with van der Waals surface area (Å²) < 4.78 is 0. The van der Waals surface area contributed by atoms with Gasteiger partial charge in [-0.3, -0.25) is 4.79 Å². The summed E-state index contributed by atoms with van der Waals surface area (Å²) in [6.07, 6.45) is 11.8. The van der Waals surface area contributed by atoms with Crippen molar-refractivity contribution in [3.63, 3.8) is 0 Å². The lowest BCUT2D eigenvalue weighted by molar-refractivity contribution is -0.122. The highest BCUT2D eigenvalue weighted by molar-refractivity contribution is 5.97. The number of ketones is 1. The fourth-order valence-electron chi connectivity index (χ4n) is 3.47. The lowest BCUT2D eigenvalue weighted by atomic mass is 9.72. The van der Waals surface area contributed by atoms with Gasteiger partial charge in [0.1, 0.15) is 0 Å². The van der Waals surface area contributed by atoms with Crippen molar-refractivity contribution in [3.05, 3.63) is 11.6 Å². The highest BCUT2D eigenvalue weighted by Gasteiger charge is 2.31. The Morgan fingerprint density at radius 1 is 1.29 bits per heavy atom. The van der Waals surface area contributed by atoms with E-state index in [9.17, 15) is 4.79 Å². The molecule has 1 heteroatoms. The molecule has 0 aliphatic heterocycles. The van der Waals surface area contributed by atoms with Crippen molar-refractivity contribution in [3.8, 4) is 0 Å². The van der Waals surface area contributed by atoms with Crippen molar-refractivity contribution in [2.45, 2.75) is 65.2 Å². The van der Waals surface area contributed by atoms with Crippen molar-refractivity contribution >= 4 is 5.78 Å². The third-order valence-electron chi connectivity index (χ3n) is 4.76. The number of carbonyl (C=O) groups excluding carboxylic acids is 1. The van der Waals surface area contributed by atoms with Crippen LogP contribution in [0, 0.1) is 17.8 Å². The zero-order chi connectivity index (χ0) is 12.3. The van der Waals surface area contributed by atoms with Crippen molar-refractivity contribution in [2.24, 2.45) is 17.8 Å². The second-order valence-electron chi connectivity index (χ2n) is 6.03. The monoisotopic (exact) mass is 234 g/mol. The largest absolute Gasteiger partial charge is 0.294 e. The van der Waals surface area contributed by atoms with E-state index in [1.165, 1.54) is 32.1 Å². The Hall–Kier alpha value is -0.590. The maximum absolute atomic E-state index is 12.6. The first-order chi connectivity index (χ1) is 8.22. The van der Waals surface area contributed by atoms with Crippen molar-refractivity contribution < 1.29 is 4.79 Å². The molecule has 0 aromatic heterocycles. The van der Waals surface area contributed by atoms with Crippen LogP contribution in [-0.4, -0.2) is 5.78 Å². The molecule has 1 nitrogen and oxygen atoms in total. The first-order valence-corrected chi connectivity index (χ1v) is 7.45. The first-order valence-electron chi connectivity index (χ1n) is 7.45. The molecule has 0 heterocycles. The number of Topliss-reactive ketones (excluding diaryl/α,β-unsaturated/α-hetero) is 1. The molecule has 0 N–H and O–H groups in total. The Morgan fingerprint density at radius 3 is 2.71 bits per heavy atom. The van der Waals surface area contributed by atoms with Gasteiger partial charge in [0.25, 0.3) is 0 Å². The maximum atomic E-state index is 12.6. The third kappa shape index (κ3) is 3.00. The topological polar surface area (TPSA) is 17.1 Å². The van der Waals surface area contributed by atoms with Crippen LogP contribution in [0.3, 0.4) is 0 Å². The average Bonchev–Trinajstić information content (AvgIpc) is 2.39. The Kier molecular flexibility index (Phi) is 4.42. The molecule has 3 unspecified atom stereocenters. The Morgan fingerprint density at radius 2 is 2.06 bits per heavy atom. The van der Waals surface area contributed by atoms with Gasteiger partial charge in [-0.15, -0.1) is 0 Å². The second-order valence-corrected chi connectivity index (χ2v) is 6.03. The molecule has 1 saturated carbocycles. The molecule has 2 rings (SSSR count). The van der Waals surface area contributed by atoms with E-state index in [1.807, 2.05) is 0 Å². The van der Waals surface area contributed by atoms with Crippen LogP contribution in [0.5, 0.6) is 0 Å². The van der Waals surface area contributed by atoms with Crippen LogP contribution >= 0.6 is 0 Å². The molecule has 0 radical (unpaired) electrons. The van der Waals surface area contributed by atoms with Crippen molar-refractivity contribution in [2.75, 3.05) is 0 Å². The molecule has 0 amide bonds. The standard InChI is InChI=1S/C16H26O/c1-3-13-6-4-5-7-15(13)16(17)14-10-8-12(2)9-11-14/h10,12-13,15H,3-9,11H2,1-2H3. The molecule has 0 bridgehead atoms. The van der Waals surface area contributed by atoms with Crippen molar-refractivity contribution in [1.82, 2.24) is 0 Å². The molecule has 0 aromatic rings. The van der Waals surface area contributed by atoms with E-state index in [0.717, 1.165) is 30.8 Å². The normalized spacial score (nSPS) is 34.2. The Balaban J connectivity index is 2.03. The summed E-state index contributed by atoms with van der Waals surface area (Å²) in [5.74, 6) is 2.30. The van der Waals surface area contributed by atoms with E-state index >= 15 is 0 Å². The van der Waals surface area contributed by atoms with E-state index in [2.05, 4.69) is 19.9 Å². The quantitative estimate of drug-likeness (QED) is 0.701. The van der Waals surface area contributed by atoms with Gasteiger partial charge in [-0.2, -0.15) is 0 Å². The van der Waals surface area contributed by atoms with Crippen LogP contribution in [0.4, 0.5) is 0 Å². The van der Waals surface area contributed by atoms with Crippen molar-refractivity contribution in [1.29, 1.82) is 0 Å². The summed E-state index contributed by atoms with van der Waals surface area (Å²) in [6, 6.07) is 0. The number of allylic oxidation sites excluding steroid dienone is 2. The third-order valence-corrected chi connectivity index (χ3v) is 4.76. The fraction of sp³-hybridized carbons (Fsp3) is 0.812. The van der Waals surface area contributed by atoms with E-state index < -0.39 is 0 Å². The van der Waals surface area contributed by atoms with Crippen LogP contribution in [0.1, 0.15) is 65.2 Å². The van der Waals surface area contributed by atoms with Gasteiger partial charge < -0.3 is 0 Å². The van der Waals surface area contributed by atoms with E-state index in [0.29, 0.717) is 17.6 Å². The van der Waals surface area contributed by atoms with Gasteiger partial charge in [-0.25, -0.2) is 0 Å². The Labute approximate surface area is 106 Å². The number of rotatable bonds is 3. The summed E-state index contributed by atoms with van der Waals surface area (Å²) in [4.78, 5) is 12.6. The smallest absolute Gasteiger partial charge is 0.161 e. The molecule has 2 aliphatic rings. The number of hydrogen-bond donors (Lipinski definition) is 0. The molecule has 96 valence electrons. The molecule has 0 spiro atoms. The number of carbonyl (C=O) groups is 1. The molecular formula is C16H26O. The molecule has 3 atom stereocenters. The van der Waals surface area contributed by atoms with Gasteiger partial charge in [0, 0.05) is 5.92 Å². The lowest BCUT2D eigenvalue weighted by Gasteiger charge is -2.31.